The highest BCUT2D eigenvalue weighted by Gasteiger charge is 2.49. The van der Waals surface area contributed by atoms with Crippen molar-refractivity contribution in [2.45, 2.75) is 38.1 Å². The van der Waals surface area contributed by atoms with E-state index >= 15 is 0 Å². The maximum atomic E-state index is 12.8. The highest BCUT2D eigenvalue weighted by atomic mass is 16.2. The first-order valence-electron chi connectivity index (χ1n) is 9.15. The van der Waals surface area contributed by atoms with Crippen LogP contribution in [0.2, 0.25) is 0 Å². The molecule has 4 rings (SSSR count). The summed E-state index contributed by atoms with van der Waals surface area (Å²) in [6, 6.07) is 8.18. The minimum Gasteiger partial charge on any atom is -0.338 e. The first-order valence-corrected chi connectivity index (χ1v) is 9.15. The van der Waals surface area contributed by atoms with Gasteiger partial charge in [-0.25, -0.2) is 9.69 Å². The minimum absolute atomic E-state index is 0.0951. The van der Waals surface area contributed by atoms with Gasteiger partial charge in [-0.2, -0.15) is 0 Å². The molecular weight excluding hydrogens is 318 g/mol. The number of benzene rings is 1. The van der Waals surface area contributed by atoms with Crippen LogP contribution in [0.25, 0.3) is 0 Å². The molecule has 1 atom stereocenters. The van der Waals surface area contributed by atoms with Crippen molar-refractivity contribution in [2.75, 3.05) is 24.5 Å². The number of anilines is 1. The van der Waals surface area contributed by atoms with E-state index < -0.39 is 6.04 Å². The molecule has 6 heteroatoms. The fourth-order valence-electron chi connectivity index (χ4n) is 4.22. The molecule has 0 aromatic heterocycles. The Kier molecular flexibility index (Phi) is 4.19. The van der Waals surface area contributed by atoms with Crippen molar-refractivity contribution < 1.29 is 14.4 Å². The zero-order valence-corrected chi connectivity index (χ0v) is 14.3. The first-order chi connectivity index (χ1) is 12.2. The van der Waals surface area contributed by atoms with Gasteiger partial charge in [-0.15, -0.1) is 0 Å². The zero-order valence-electron chi connectivity index (χ0n) is 14.3. The Morgan fingerprint density at radius 1 is 0.960 bits per heavy atom. The predicted octanol–water partition coefficient (Wildman–Crippen LogP) is 2.25. The van der Waals surface area contributed by atoms with Crippen molar-refractivity contribution in [2.24, 2.45) is 5.92 Å². The van der Waals surface area contributed by atoms with Crippen LogP contribution in [0, 0.1) is 5.92 Å². The third-order valence-electron chi connectivity index (χ3n) is 5.60. The van der Waals surface area contributed by atoms with E-state index in [1.807, 2.05) is 18.2 Å². The summed E-state index contributed by atoms with van der Waals surface area (Å²) < 4.78 is 0. The van der Waals surface area contributed by atoms with Crippen LogP contribution in [0.1, 0.15) is 32.1 Å². The van der Waals surface area contributed by atoms with Gasteiger partial charge in [0.1, 0.15) is 6.04 Å². The molecular formula is C19H23N3O3. The molecule has 2 saturated heterocycles. The van der Waals surface area contributed by atoms with Gasteiger partial charge in [0.2, 0.25) is 5.91 Å². The van der Waals surface area contributed by atoms with Gasteiger partial charge in [0.25, 0.3) is 5.91 Å². The summed E-state index contributed by atoms with van der Waals surface area (Å²) in [5.74, 6) is 0.0350. The Hall–Kier alpha value is -2.37. The van der Waals surface area contributed by atoms with E-state index in [0.717, 1.165) is 25.7 Å². The number of hydrogen-bond acceptors (Lipinski definition) is 3. The van der Waals surface area contributed by atoms with Crippen LogP contribution in [0.5, 0.6) is 0 Å². The molecule has 1 aliphatic carbocycles. The number of piperazine rings is 1. The number of amides is 4. The molecule has 2 aliphatic heterocycles. The predicted molar refractivity (Wildman–Crippen MR) is 93.0 cm³/mol. The average molecular weight is 341 g/mol. The van der Waals surface area contributed by atoms with Gasteiger partial charge in [0, 0.05) is 19.0 Å². The number of urea groups is 1. The Balaban J connectivity index is 1.50. The highest BCUT2D eigenvalue weighted by Crippen LogP contribution is 2.30. The van der Waals surface area contributed by atoms with E-state index in [1.165, 1.54) is 11.3 Å². The van der Waals surface area contributed by atoms with Crippen LogP contribution < -0.4 is 4.90 Å². The van der Waals surface area contributed by atoms with Crippen LogP contribution in [0.15, 0.2) is 30.3 Å². The van der Waals surface area contributed by atoms with Crippen LogP contribution >= 0.6 is 0 Å². The molecule has 0 spiro atoms. The molecule has 132 valence electrons. The number of carbonyl (C=O) groups excluding carboxylic acids is 3. The number of carbonyl (C=O) groups is 3. The summed E-state index contributed by atoms with van der Waals surface area (Å²) in [6.07, 6.45) is 5.33. The Labute approximate surface area is 147 Å². The quantitative estimate of drug-likeness (QED) is 0.775. The lowest BCUT2D eigenvalue weighted by Gasteiger charge is -2.37. The van der Waals surface area contributed by atoms with E-state index in [0.29, 0.717) is 25.3 Å². The lowest BCUT2D eigenvalue weighted by molar-refractivity contribution is -0.139. The summed E-state index contributed by atoms with van der Waals surface area (Å²) in [4.78, 5) is 42.9. The number of imide groups is 1. The summed E-state index contributed by atoms with van der Waals surface area (Å²) in [6.45, 7) is 1.27. The summed E-state index contributed by atoms with van der Waals surface area (Å²) >= 11 is 0. The lowest BCUT2D eigenvalue weighted by atomic mass is 9.88. The molecule has 2 heterocycles. The van der Waals surface area contributed by atoms with Gasteiger partial charge in [0.05, 0.1) is 12.2 Å². The lowest BCUT2D eigenvalue weighted by Crippen LogP contribution is -2.55. The zero-order chi connectivity index (χ0) is 17.4. The van der Waals surface area contributed by atoms with Crippen LogP contribution in [-0.2, 0) is 9.59 Å². The van der Waals surface area contributed by atoms with Gasteiger partial charge in [0.15, 0.2) is 0 Å². The molecule has 4 amide bonds. The maximum Gasteiger partial charge on any atom is 0.332 e. The second-order valence-corrected chi connectivity index (χ2v) is 7.12. The van der Waals surface area contributed by atoms with E-state index in [1.54, 1.807) is 21.9 Å². The van der Waals surface area contributed by atoms with Gasteiger partial charge in [-0.3, -0.25) is 9.59 Å². The fraction of sp³-hybridized carbons (Fsp3) is 0.526. The second kappa shape index (κ2) is 6.50. The topological polar surface area (TPSA) is 60.9 Å². The van der Waals surface area contributed by atoms with E-state index in [4.69, 9.17) is 0 Å². The second-order valence-electron chi connectivity index (χ2n) is 7.12. The van der Waals surface area contributed by atoms with Crippen molar-refractivity contribution in [3.63, 3.8) is 0 Å². The number of para-hydroxylation sites is 1. The standard InChI is InChI=1S/C19H23N3O3/c23-17(14-7-3-1-4-8-14)20-11-12-21-16(13-20)18(24)22(19(21)25)15-9-5-2-6-10-15/h2,5-6,9-10,14,16H,1,3-4,7-8,11-13H2/t16-/m0/s1. The van der Waals surface area contributed by atoms with Crippen molar-refractivity contribution in [3.05, 3.63) is 30.3 Å². The summed E-state index contributed by atoms with van der Waals surface area (Å²) in [7, 11) is 0. The summed E-state index contributed by atoms with van der Waals surface area (Å²) in [5, 5.41) is 0. The SMILES string of the molecule is O=C(C1CCCCC1)N1CCN2C(=O)N(c3ccccc3)C(=O)[C@@H]2C1. The van der Waals surface area contributed by atoms with Crippen LogP contribution in [0.4, 0.5) is 10.5 Å². The highest BCUT2D eigenvalue weighted by molar-refractivity contribution is 6.21. The van der Waals surface area contributed by atoms with Gasteiger partial charge in [-0.05, 0) is 25.0 Å². The minimum atomic E-state index is -0.547. The fourth-order valence-corrected chi connectivity index (χ4v) is 4.22. The Morgan fingerprint density at radius 3 is 2.40 bits per heavy atom. The monoisotopic (exact) mass is 341 g/mol. The van der Waals surface area contributed by atoms with Gasteiger partial charge < -0.3 is 9.80 Å². The number of fused-ring (bicyclic) bond motifs is 1. The number of nitrogens with zero attached hydrogens (tertiary/aromatic N) is 3. The van der Waals surface area contributed by atoms with E-state index in [-0.39, 0.29) is 23.8 Å². The third kappa shape index (κ3) is 2.79. The van der Waals surface area contributed by atoms with Crippen LogP contribution in [0.3, 0.4) is 0 Å². The average Bonchev–Trinajstić information content (AvgIpc) is 2.92. The molecule has 1 aromatic rings. The normalized spacial score (nSPS) is 24.6. The van der Waals surface area contributed by atoms with Crippen molar-refractivity contribution in [1.29, 1.82) is 0 Å². The largest absolute Gasteiger partial charge is 0.338 e. The molecule has 3 fully saturated rings. The Bertz CT molecular complexity index is 684. The molecule has 0 bridgehead atoms. The molecule has 0 N–H and O–H groups in total. The van der Waals surface area contributed by atoms with E-state index in [9.17, 15) is 14.4 Å². The number of rotatable bonds is 2. The summed E-state index contributed by atoms with van der Waals surface area (Å²) in [5.41, 5.74) is 0.594. The maximum absolute atomic E-state index is 12.8. The molecule has 25 heavy (non-hydrogen) atoms. The van der Waals surface area contributed by atoms with Crippen molar-refractivity contribution >= 4 is 23.5 Å². The molecule has 3 aliphatic rings. The molecule has 1 saturated carbocycles. The van der Waals surface area contributed by atoms with Gasteiger partial charge in [-0.1, -0.05) is 37.5 Å². The molecule has 0 radical (unpaired) electrons. The first kappa shape index (κ1) is 16.1. The van der Waals surface area contributed by atoms with Crippen LogP contribution in [-0.4, -0.2) is 53.3 Å². The molecule has 1 aromatic carbocycles. The Morgan fingerprint density at radius 2 is 1.68 bits per heavy atom. The van der Waals surface area contributed by atoms with E-state index in [2.05, 4.69) is 0 Å². The van der Waals surface area contributed by atoms with Crippen molar-refractivity contribution in [1.82, 2.24) is 9.80 Å². The van der Waals surface area contributed by atoms with Gasteiger partial charge >= 0.3 is 6.03 Å². The smallest absolute Gasteiger partial charge is 0.332 e. The third-order valence-corrected chi connectivity index (χ3v) is 5.60. The molecule has 6 nitrogen and oxygen atoms in total. The van der Waals surface area contributed by atoms with Crippen molar-refractivity contribution in [3.8, 4) is 0 Å². The molecule has 0 unspecified atom stereocenters. The number of hydrogen-bond donors (Lipinski definition) is 0.